The number of carbonyl (C=O) groups is 1. The zero-order valence-corrected chi connectivity index (χ0v) is 12.0. The summed E-state index contributed by atoms with van der Waals surface area (Å²) in [6.07, 6.45) is 17.4. The molecule has 0 bridgehead atoms. The van der Waals surface area contributed by atoms with Crippen LogP contribution in [0.3, 0.4) is 0 Å². The van der Waals surface area contributed by atoms with Crippen LogP contribution in [0.2, 0.25) is 0 Å². The standard InChI is InChI=1S/C16H29NO/c1-3-5-7-9-10-11-13-15-17-16(18)14-12-8-6-4-2/h2H,3,5-15H2,1H3,(H,17,18). The van der Waals surface area contributed by atoms with E-state index in [4.69, 9.17) is 6.42 Å². The maximum absolute atomic E-state index is 11.4. The summed E-state index contributed by atoms with van der Waals surface area (Å²) in [5, 5.41) is 2.97. The summed E-state index contributed by atoms with van der Waals surface area (Å²) in [5.41, 5.74) is 0. The molecule has 0 aliphatic rings. The van der Waals surface area contributed by atoms with E-state index >= 15 is 0 Å². The lowest BCUT2D eigenvalue weighted by molar-refractivity contribution is -0.121. The summed E-state index contributed by atoms with van der Waals surface area (Å²) in [6, 6.07) is 0. The van der Waals surface area contributed by atoms with Crippen molar-refractivity contribution in [1.29, 1.82) is 0 Å². The van der Waals surface area contributed by atoms with E-state index < -0.39 is 0 Å². The molecule has 1 N–H and O–H groups in total. The quantitative estimate of drug-likeness (QED) is 0.411. The minimum absolute atomic E-state index is 0.179. The van der Waals surface area contributed by atoms with E-state index in [9.17, 15) is 4.79 Å². The van der Waals surface area contributed by atoms with Crippen LogP contribution in [0, 0.1) is 12.3 Å². The Bertz CT molecular complexity index is 230. The number of terminal acetylenes is 1. The number of rotatable bonds is 12. The van der Waals surface area contributed by atoms with Gasteiger partial charge in [0.1, 0.15) is 0 Å². The average Bonchev–Trinajstić information content (AvgIpc) is 2.38. The van der Waals surface area contributed by atoms with Crippen LogP contribution in [0.25, 0.3) is 0 Å². The largest absolute Gasteiger partial charge is 0.356 e. The monoisotopic (exact) mass is 251 g/mol. The van der Waals surface area contributed by atoms with E-state index in [0.29, 0.717) is 6.42 Å². The van der Waals surface area contributed by atoms with Gasteiger partial charge in [-0.25, -0.2) is 0 Å². The third-order valence-electron chi connectivity index (χ3n) is 3.08. The van der Waals surface area contributed by atoms with Crippen molar-refractivity contribution in [3.63, 3.8) is 0 Å². The van der Waals surface area contributed by atoms with Gasteiger partial charge >= 0.3 is 0 Å². The molecule has 0 atom stereocenters. The zero-order chi connectivity index (χ0) is 13.5. The minimum Gasteiger partial charge on any atom is -0.356 e. The number of amides is 1. The van der Waals surface area contributed by atoms with Gasteiger partial charge in [-0.05, 0) is 19.3 Å². The van der Waals surface area contributed by atoms with Crippen LogP contribution in [0.5, 0.6) is 0 Å². The van der Waals surface area contributed by atoms with E-state index in [1.165, 1.54) is 38.5 Å². The molecular weight excluding hydrogens is 222 g/mol. The summed E-state index contributed by atoms with van der Waals surface area (Å²) in [7, 11) is 0. The van der Waals surface area contributed by atoms with Gasteiger partial charge in [0.15, 0.2) is 0 Å². The molecule has 0 spiro atoms. The Balaban J connectivity index is 3.13. The Morgan fingerprint density at radius 3 is 2.33 bits per heavy atom. The predicted octanol–water partition coefficient (Wildman–Crippen LogP) is 4.05. The summed E-state index contributed by atoms with van der Waals surface area (Å²) in [6.45, 7) is 3.07. The van der Waals surface area contributed by atoms with E-state index in [1.807, 2.05) is 0 Å². The summed E-state index contributed by atoms with van der Waals surface area (Å²) >= 11 is 0. The fourth-order valence-electron chi connectivity index (χ4n) is 1.91. The molecule has 0 aromatic carbocycles. The van der Waals surface area contributed by atoms with Gasteiger partial charge in [-0.15, -0.1) is 12.3 Å². The normalized spacial score (nSPS) is 10.0. The Labute approximate surface area is 113 Å². The Hall–Kier alpha value is -0.970. The van der Waals surface area contributed by atoms with Crippen LogP contribution in [0.1, 0.15) is 77.6 Å². The molecular formula is C16H29NO. The van der Waals surface area contributed by atoms with Crippen LogP contribution in [0.15, 0.2) is 0 Å². The lowest BCUT2D eigenvalue weighted by Gasteiger charge is -2.04. The Morgan fingerprint density at radius 1 is 1.00 bits per heavy atom. The highest BCUT2D eigenvalue weighted by atomic mass is 16.1. The predicted molar refractivity (Wildman–Crippen MR) is 78.3 cm³/mol. The van der Waals surface area contributed by atoms with E-state index in [0.717, 1.165) is 32.2 Å². The molecule has 0 radical (unpaired) electrons. The van der Waals surface area contributed by atoms with Gasteiger partial charge in [-0.1, -0.05) is 45.4 Å². The van der Waals surface area contributed by atoms with Crippen molar-refractivity contribution < 1.29 is 4.79 Å². The van der Waals surface area contributed by atoms with Crippen LogP contribution in [-0.2, 0) is 4.79 Å². The van der Waals surface area contributed by atoms with Crippen molar-refractivity contribution in [2.45, 2.75) is 77.6 Å². The van der Waals surface area contributed by atoms with Gasteiger partial charge in [-0.3, -0.25) is 4.79 Å². The number of hydrogen-bond donors (Lipinski definition) is 1. The summed E-state index contributed by atoms with van der Waals surface area (Å²) < 4.78 is 0. The first-order chi connectivity index (χ1) is 8.81. The zero-order valence-electron chi connectivity index (χ0n) is 12.0. The molecule has 2 nitrogen and oxygen atoms in total. The van der Waals surface area contributed by atoms with Gasteiger partial charge in [0, 0.05) is 19.4 Å². The van der Waals surface area contributed by atoms with Crippen molar-refractivity contribution >= 4 is 5.91 Å². The lowest BCUT2D eigenvalue weighted by Crippen LogP contribution is -2.23. The molecule has 0 aromatic rings. The van der Waals surface area contributed by atoms with Crippen LogP contribution in [-0.4, -0.2) is 12.5 Å². The van der Waals surface area contributed by atoms with Crippen LogP contribution in [0.4, 0.5) is 0 Å². The average molecular weight is 251 g/mol. The SMILES string of the molecule is C#CCCCCC(=O)NCCCCCCCCC. The molecule has 0 unspecified atom stereocenters. The van der Waals surface area contributed by atoms with Crippen LogP contribution >= 0.6 is 0 Å². The lowest BCUT2D eigenvalue weighted by atomic mass is 10.1. The molecule has 0 rings (SSSR count). The first-order valence-electron chi connectivity index (χ1n) is 7.51. The fourth-order valence-corrected chi connectivity index (χ4v) is 1.91. The fraction of sp³-hybridized carbons (Fsp3) is 0.812. The van der Waals surface area contributed by atoms with E-state index in [1.54, 1.807) is 0 Å². The molecule has 0 heterocycles. The third-order valence-corrected chi connectivity index (χ3v) is 3.08. The molecule has 18 heavy (non-hydrogen) atoms. The van der Waals surface area contributed by atoms with Gasteiger partial charge in [0.05, 0.1) is 0 Å². The number of unbranched alkanes of at least 4 members (excludes halogenated alkanes) is 8. The molecule has 0 aliphatic carbocycles. The topological polar surface area (TPSA) is 29.1 Å². The molecule has 2 heteroatoms. The third kappa shape index (κ3) is 13.1. The van der Waals surface area contributed by atoms with E-state index in [-0.39, 0.29) is 5.91 Å². The number of carbonyl (C=O) groups excluding carboxylic acids is 1. The van der Waals surface area contributed by atoms with Gasteiger partial charge in [-0.2, -0.15) is 0 Å². The molecule has 0 fully saturated rings. The molecule has 0 aromatic heterocycles. The first-order valence-corrected chi connectivity index (χ1v) is 7.51. The molecule has 0 saturated heterocycles. The molecule has 1 amide bonds. The van der Waals surface area contributed by atoms with Gasteiger partial charge in [0.2, 0.25) is 5.91 Å². The van der Waals surface area contributed by atoms with Crippen molar-refractivity contribution in [2.75, 3.05) is 6.54 Å². The van der Waals surface area contributed by atoms with Gasteiger partial charge in [0.25, 0.3) is 0 Å². The van der Waals surface area contributed by atoms with Crippen molar-refractivity contribution in [3.05, 3.63) is 0 Å². The van der Waals surface area contributed by atoms with Crippen molar-refractivity contribution in [1.82, 2.24) is 5.32 Å². The Morgan fingerprint density at radius 2 is 1.67 bits per heavy atom. The summed E-state index contributed by atoms with van der Waals surface area (Å²) in [4.78, 5) is 11.4. The van der Waals surface area contributed by atoms with Crippen molar-refractivity contribution in [2.24, 2.45) is 0 Å². The maximum atomic E-state index is 11.4. The van der Waals surface area contributed by atoms with Crippen molar-refractivity contribution in [3.8, 4) is 12.3 Å². The second-order valence-electron chi connectivity index (χ2n) is 4.88. The van der Waals surface area contributed by atoms with E-state index in [2.05, 4.69) is 18.2 Å². The number of hydrogen-bond acceptors (Lipinski definition) is 1. The smallest absolute Gasteiger partial charge is 0.219 e. The van der Waals surface area contributed by atoms with Gasteiger partial charge < -0.3 is 5.32 Å². The first kappa shape index (κ1) is 17.0. The molecule has 0 saturated carbocycles. The minimum atomic E-state index is 0.179. The second-order valence-corrected chi connectivity index (χ2v) is 4.88. The highest BCUT2D eigenvalue weighted by molar-refractivity contribution is 5.75. The van der Waals surface area contributed by atoms with Crippen LogP contribution < -0.4 is 5.32 Å². The molecule has 104 valence electrons. The highest BCUT2D eigenvalue weighted by Gasteiger charge is 1.99. The maximum Gasteiger partial charge on any atom is 0.219 e. The second kappa shape index (κ2) is 14.1. The number of nitrogens with one attached hydrogen (secondary N) is 1. The Kier molecular flexibility index (Phi) is 13.3. The molecule has 0 aliphatic heterocycles. The summed E-state index contributed by atoms with van der Waals surface area (Å²) in [5.74, 6) is 2.77. The highest BCUT2D eigenvalue weighted by Crippen LogP contribution is 2.06.